The van der Waals surface area contributed by atoms with Crippen molar-refractivity contribution in [2.24, 2.45) is 4.99 Å². The predicted molar refractivity (Wildman–Crippen MR) is 111 cm³/mol. The van der Waals surface area contributed by atoms with Crippen molar-refractivity contribution < 1.29 is 9.47 Å². The standard InChI is InChI=1S/C21H30N6O2/c1-22-21(26-16-10-11-19-24-14-25-27(19)13-16)23-12-15-6-5-9-18(28-2)20(15)29-17-7-3-4-8-17/h5-6,9,14,16-17H,3-4,7-8,10-13H2,1-2H3,(H2,22,23,26). The van der Waals surface area contributed by atoms with Crippen molar-refractivity contribution in [3.8, 4) is 11.5 Å². The van der Waals surface area contributed by atoms with Gasteiger partial charge in [-0.05, 0) is 38.2 Å². The molecule has 2 aromatic rings. The molecule has 0 spiro atoms. The minimum Gasteiger partial charge on any atom is -0.493 e. The van der Waals surface area contributed by atoms with E-state index in [-0.39, 0.29) is 12.1 Å². The maximum atomic E-state index is 6.33. The lowest BCUT2D eigenvalue weighted by Gasteiger charge is -2.26. The summed E-state index contributed by atoms with van der Waals surface area (Å²) < 4.78 is 13.9. The van der Waals surface area contributed by atoms with E-state index in [9.17, 15) is 0 Å². The number of hydrogen-bond acceptors (Lipinski definition) is 5. The summed E-state index contributed by atoms with van der Waals surface area (Å²) >= 11 is 0. The van der Waals surface area contributed by atoms with Crippen LogP contribution < -0.4 is 20.1 Å². The molecule has 1 atom stereocenters. The molecule has 0 bridgehead atoms. The number of hydrogen-bond donors (Lipinski definition) is 2. The quantitative estimate of drug-likeness (QED) is 0.574. The van der Waals surface area contributed by atoms with Gasteiger partial charge in [-0.25, -0.2) is 9.67 Å². The Morgan fingerprint density at radius 3 is 2.93 bits per heavy atom. The number of guanidine groups is 1. The monoisotopic (exact) mass is 398 g/mol. The Bertz CT molecular complexity index is 843. The molecule has 8 nitrogen and oxygen atoms in total. The van der Waals surface area contributed by atoms with Gasteiger partial charge in [-0.15, -0.1) is 0 Å². The van der Waals surface area contributed by atoms with Gasteiger partial charge in [0.2, 0.25) is 0 Å². The third-order valence-corrected chi connectivity index (χ3v) is 5.68. The van der Waals surface area contributed by atoms with E-state index in [1.165, 1.54) is 12.8 Å². The molecule has 0 saturated heterocycles. The number of nitrogens with zero attached hydrogens (tertiary/aromatic N) is 4. The van der Waals surface area contributed by atoms with Crippen molar-refractivity contribution in [3.63, 3.8) is 0 Å². The van der Waals surface area contributed by atoms with Gasteiger partial charge in [0, 0.05) is 31.6 Å². The number of rotatable bonds is 6. The van der Waals surface area contributed by atoms with Crippen molar-refractivity contribution in [1.29, 1.82) is 0 Å². The van der Waals surface area contributed by atoms with Gasteiger partial charge in [0.25, 0.3) is 0 Å². The van der Waals surface area contributed by atoms with Crippen molar-refractivity contribution in [1.82, 2.24) is 25.4 Å². The average molecular weight is 399 g/mol. The number of aryl methyl sites for hydroxylation is 1. The van der Waals surface area contributed by atoms with E-state index in [2.05, 4.69) is 31.8 Å². The largest absolute Gasteiger partial charge is 0.493 e. The van der Waals surface area contributed by atoms with Gasteiger partial charge in [-0.1, -0.05) is 12.1 Å². The van der Waals surface area contributed by atoms with E-state index in [1.807, 2.05) is 16.8 Å². The van der Waals surface area contributed by atoms with Crippen molar-refractivity contribution in [2.45, 2.75) is 63.8 Å². The van der Waals surface area contributed by atoms with Gasteiger partial charge in [-0.3, -0.25) is 4.99 Å². The Hall–Kier alpha value is -2.77. The molecule has 2 N–H and O–H groups in total. The highest BCUT2D eigenvalue weighted by Crippen LogP contribution is 2.34. The SMILES string of the molecule is CN=C(NCc1cccc(OC)c1OC1CCCC1)NC1CCc2ncnn2C1. The van der Waals surface area contributed by atoms with E-state index in [1.54, 1.807) is 20.5 Å². The molecule has 0 amide bonds. The second-order valence-corrected chi connectivity index (χ2v) is 7.64. The van der Waals surface area contributed by atoms with Crippen LogP contribution in [0.5, 0.6) is 11.5 Å². The van der Waals surface area contributed by atoms with E-state index >= 15 is 0 Å². The molecule has 1 aliphatic carbocycles. The summed E-state index contributed by atoms with van der Waals surface area (Å²) in [6, 6.07) is 6.31. The van der Waals surface area contributed by atoms with Crippen molar-refractivity contribution in [3.05, 3.63) is 35.9 Å². The molecule has 1 fully saturated rings. The fraction of sp³-hybridized carbons (Fsp3) is 0.571. The number of aromatic nitrogens is 3. The summed E-state index contributed by atoms with van der Waals surface area (Å²) in [5, 5.41) is 11.2. The highest BCUT2D eigenvalue weighted by molar-refractivity contribution is 5.80. The van der Waals surface area contributed by atoms with Crippen LogP contribution in [0, 0.1) is 0 Å². The second kappa shape index (κ2) is 9.15. The first-order valence-electron chi connectivity index (χ1n) is 10.4. The highest BCUT2D eigenvalue weighted by atomic mass is 16.5. The minimum atomic E-state index is 0.273. The molecule has 2 aliphatic rings. The number of ether oxygens (including phenoxy) is 2. The number of para-hydroxylation sites is 1. The predicted octanol–water partition coefficient (Wildman–Crippen LogP) is 2.29. The molecule has 1 aromatic heterocycles. The molecule has 156 valence electrons. The topological polar surface area (TPSA) is 85.6 Å². The minimum absolute atomic E-state index is 0.273. The third-order valence-electron chi connectivity index (χ3n) is 5.68. The van der Waals surface area contributed by atoms with Crippen LogP contribution in [0.1, 0.15) is 43.5 Å². The smallest absolute Gasteiger partial charge is 0.191 e. The summed E-state index contributed by atoms with van der Waals surface area (Å²) in [7, 11) is 3.48. The number of nitrogens with one attached hydrogen (secondary N) is 2. The Morgan fingerprint density at radius 2 is 2.14 bits per heavy atom. The van der Waals surface area contributed by atoms with Crippen LogP contribution in [0.4, 0.5) is 0 Å². The number of aliphatic imine (C=N–C) groups is 1. The van der Waals surface area contributed by atoms with Crippen LogP contribution in [0.2, 0.25) is 0 Å². The lowest BCUT2D eigenvalue weighted by molar-refractivity contribution is 0.198. The summed E-state index contributed by atoms with van der Waals surface area (Å²) in [5.41, 5.74) is 1.07. The lowest BCUT2D eigenvalue weighted by atomic mass is 10.1. The molecule has 1 aromatic carbocycles. The zero-order valence-corrected chi connectivity index (χ0v) is 17.2. The van der Waals surface area contributed by atoms with Crippen LogP contribution >= 0.6 is 0 Å². The first kappa shape index (κ1) is 19.5. The number of fused-ring (bicyclic) bond motifs is 1. The van der Waals surface area contributed by atoms with Crippen LogP contribution in [0.3, 0.4) is 0 Å². The average Bonchev–Trinajstić information content (AvgIpc) is 3.43. The molecule has 0 radical (unpaired) electrons. The summed E-state index contributed by atoms with van der Waals surface area (Å²) in [4.78, 5) is 8.68. The van der Waals surface area contributed by atoms with Crippen molar-refractivity contribution in [2.75, 3.05) is 14.2 Å². The lowest BCUT2D eigenvalue weighted by Crippen LogP contribution is -2.46. The van der Waals surface area contributed by atoms with E-state index in [0.29, 0.717) is 6.54 Å². The maximum Gasteiger partial charge on any atom is 0.191 e. The van der Waals surface area contributed by atoms with E-state index in [0.717, 1.165) is 61.1 Å². The zero-order chi connectivity index (χ0) is 20.1. The second-order valence-electron chi connectivity index (χ2n) is 7.64. The van der Waals surface area contributed by atoms with E-state index in [4.69, 9.17) is 9.47 Å². The molecule has 1 aliphatic heterocycles. The van der Waals surface area contributed by atoms with Crippen LogP contribution in [0.15, 0.2) is 29.5 Å². The molecular formula is C21H30N6O2. The van der Waals surface area contributed by atoms with Crippen LogP contribution in [0.25, 0.3) is 0 Å². The van der Waals surface area contributed by atoms with Crippen LogP contribution in [-0.4, -0.2) is 47.0 Å². The van der Waals surface area contributed by atoms with Gasteiger partial charge < -0.3 is 20.1 Å². The zero-order valence-electron chi connectivity index (χ0n) is 17.2. The first-order chi connectivity index (χ1) is 14.3. The fourth-order valence-corrected chi connectivity index (χ4v) is 4.09. The molecule has 1 unspecified atom stereocenters. The molecule has 1 saturated carbocycles. The summed E-state index contributed by atoms with van der Waals surface area (Å²) in [5.74, 6) is 3.45. The first-order valence-corrected chi connectivity index (χ1v) is 10.4. The summed E-state index contributed by atoms with van der Waals surface area (Å²) in [6.45, 7) is 1.41. The van der Waals surface area contributed by atoms with Gasteiger partial charge >= 0.3 is 0 Å². The Balaban J connectivity index is 1.39. The van der Waals surface area contributed by atoms with Crippen LogP contribution in [-0.2, 0) is 19.5 Å². The Kier molecular flexibility index (Phi) is 6.17. The Morgan fingerprint density at radius 1 is 1.28 bits per heavy atom. The molecule has 2 heterocycles. The number of methoxy groups -OCH3 is 1. The Labute approximate surface area is 171 Å². The highest BCUT2D eigenvalue weighted by Gasteiger charge is 2.22. The molecule has 4 rings (SSSR count). The fourth-order valence-electron chi connectivity index (χ4n) is 4.09. The third kappa shape index (κ3) is 4.63. The molecule has 8 heteroatoms. The van der Waals surface area contributed by atoms with Gasteiger partial charge in [-0.2, -0.15) is 5.10 Å². The molecular weight excluding hydrogens is 368 g/mol. The maximum absolute atomic E-state index is 6.33. The van der Waals surface area contributed by atoms with Gasteiger partial charge in [0.05, 0.1) is 19.8 Å². The van der Waals surface area contributed by atoms with Crippen molar-refractivity contribution >= 4 is 5.96 Å². The molecule has 29 heavy (non-hydrogen) atoms. The number of benzene rings is 1. The van der Waals surface area contributed by atoms with Gasteiger partial charge in [0.1, 0.15) is 12.2 Å². The van der Waals surface area contributed by atoms with Gasteiger partial charge in [0.15, 0.2) is 17.5 Å². The van der Waals surface area contributed by atoms with E-state index < -0.39 is 0 Å². The normalized spacial score (nSPS) is 19.7. The summed E-state index contributed by atoms with van der Waals surface area (Å²) in [6.07, 6.45) is 8.53.